The molecular formula is C17H15N3O5. The van der Waals surface area contributed by atoms with Crippen molar-refractivity contribution >= 4 is 17.3 Å². The molecule has 0 saturated carbocycles. The second-order valence-electron chi connectivity index (χ2n) is 5.34. The molecule has 2 aromatic rings. The van der Waals surface area contributed by atoms with Crippen molar-refractivity contribution in [1.29, 1.82) is 0 Å². The van der Waals surface area contributed by atoms with Crippen molar-refractivity contribution < 1.29 is 19.2 Å². The number of benzene rings is 2. The van der Waals surface area contributed by atoms with Crippen molar-refractivity contribution in [2.45, 2.75) is 13.0 Å². The van der Waals surface area contributed by atoms with Gasteiger partial charge in [-0.3, -0.25) is 14.9 Å². The first-order chi connectivity index (χ1) is 12.0. The molecule has 0 radical (unpaired) electrons. The van der Waals surface area contributed by atoms with Crippen LogP contribution in [0.15, 0.2) is 53.6 Å². The molecule has 0 fully saturated rings. The summed E-state index contributed by atoms with van der Waals surface area (Å²) < 4.78 is 11.1. The maximum atomic E-state index is 12.2. The van der Waals surface area contributed by atoms with Gasteiger partial charge < -0.3 is 9.47 Å². The zero-order valence-electron chi connectivity index (χ0n) is 13.3. The largest absolute Gasteiger partial charge is 0.485 e. The van der Waals surface area contributed by atoms with E-state index >= 15 is 0 Å². The average Bonchev–Trinajstić information content (AvgIpc) is 2.65. The van der Waals surface area contributed by atoms with Crippen molar-refractivity contribution in [1.82, 2.24) is 5.43 Å². The van der Waals surface area contributed by atoms with E-state index in [9.17, 15) is 14.9 Å². The zero-order chi connectivity index (χ0) is 17.8. The number of amides is 1. The van der Waals surface area contributed by atoms with E-state index in [4.69, 9.17) is 9.47 Å². The normalized spacial score (nSPS) is 16.2. The van der Waals surface area contributed by atoms with Gasteiger partial charge in [-0.2, -0.15) is 5.10 Å². The van der Waals surface area contributed by atoms with Crippen LogP contribution < -0.4 is 14.9 Å². The first-order valence-corrected chi connectivity index (χ1v) is 7.52. The second-order valence-corrected chi connectivity index (χ2v) is 5.34. The fourth-order valence-electron chi connectivity index (χ4n) is 2.25. The van der Waals surface area contributed by atoms with E-state index in [0.717, 1.165) is 0 Å². The summed E-state index contributed by atoms with van der Waals surface area (Å²) >= 11 is 0. The number of nitrogens with zero attached hydrogens (tertiary/aromatic N) is 2. The van der Waals surface area contributed by atoms with Crippen molar-refractivity contribution in [3.05, 3.63) is 64.2 Å². The molecular weight excluding hydrogens is 326 g/mol. The Hall–Kier alpha value is -3.42. The Morgan fingerprint density at radius 1 is 1.20 bits per heavy atom. The Morgan fingerprint density at radius 3 is 2.56 bits per heavy atom. The molecule has 1 heterocycles. The minimum absolute atomic E-state index is 0.00740. The third kappa shape index (κ3) is 3.74. The Kier molecular flexibility index (Phi) is 4.60. The van der Waals surface area contributed by atoms with Crippen LogP contribution in [0.25, 0.3) is 0 Å². The molecule has 128 valence electrons. The number of hydrazone groups is 1. The van der Waals surface area contributed by atoms with Crippen molar-refractivity contribution in [3.63, 3.8) is 0 Å². The summed E-state index contributed by atoms with van der Waals surface area (Å²) in [5, 5.41) is 14.7. The third-order valence-corrected chi connectivity index (χ3v) is 3.63. The summed E-state index contributed by atoms with van der Waals surface area (Å²) in [6, 6.07) is 13.0. The van der Waals surface area contributed by atoms with Crippen LogP contribution in [0.3, 0.4) is 0 Å². The van der Waals surface area contributed by atoms with Crippen LogP contribution in [0.4, 0.5) is 5.69 Å². The third-order valence-electron chi connectivity index (χ3n) is 3.63. The molecule has 0 saturated heterocycles. The zero-order valence-corrected chi connectivity index (χ0v) is 13.3. The standard InChI is InChI=1S/C17H15N3O5/c1-11(12-6-8-13(9-7-12)20(22)23)18-19-17(21)16-10-24-14-4-2-3-5-15(14)25-16/h2-9,16H,10H2,1H3,(H,19,21)/b18-11-/t16-/m1/s1. The minimum Gasteiger partial charge on any atom is -0.485 e. The fraction of sp³-hybridized carbons (Fsp3) is 0.176. The minimum atomic E-state index is -0.802. The highest BCUT2D eigenvalue weighted by atomic mass is 16.6. The smallest absolute Gasteiger partial charge is 0.284 e. The molecule has 1 aliphatic rings. The molecule has 25 heavy (non-hydrogen) atoms. The molecule has 0 spiro atoms. The second kappa shape index (κ2) is 7.00. The number of carbonyl (C=O) groups is 1. The number of nitro benzene ring substituents is 1. The van der Waals surface area contributed by atoms with Gasteiger partial charge in [0.1, 0.15) is 6.61 Å². The topological polar surface area (TPSA) is 103 Å². The highest BCUT2D eigenvalue weighted by Crippen LogP contribution is 2.30. The SMILES string of the molecule is C/C(=N/NC(=O)[C@H]1COc2ccccc2O1)c1ccc([N+](=O)[O-])cc1. The van der Waals surface area contributed by atoms with E-state index in [-0.39, 0.29) is 12.3 Å². The summed E-state index contributed by atoms with van der Waals surface area (Å²) in [6.45, 7) is 1.78. The van der Waals surface area contributed by atoms with Gasteiger partial charge in [-0.25, -0.2) is 5.43 Å². The Labute approximate surface area is 143 Å². The molecule has 0 bridgehead atoms. The lowest BCUT2D eigenvalue weighted by Crippen LogP contribution is -2.42. The van der Waals surface area contributed by atoms with Crippen LogP contribution in [-0.2, 0) is 4.79 Å². The van der Waals surface area contributed by atoms with Crippen LogP contribution in [-0.4, -0.2) is 29.3 Å². The monoisotopic (exact) mass is 341 g/mol. The number of fused-ring (bicyclic) bond motifs is 1. The fourth-order valence-corrected chi connectivity index (χ4v) is 2.25. The molecule has 0 aliphatic carbocycles. The molecule has 0 aromatic heterocycles. The van der Waals surface area contributed by atoms with Gasteiger partial charge in [0.15, 0.2) is 11.5 Å². The highest BCUT2D eigenvalue weighted by Gasteiger charge is 2.27. The summed E-state index contributed by atoms with van der Waals surface area (Å²) in [6.07, 6.45) is -0.802. The molecule has 0 unspecified atom stereocenters. The van der Waals surface area contributed by atoms with Gasteiger partial charge in [0.2, 0.25) is 6.10 Å². The number of carbonyl (C=O) groups excluding carboxylic acids is 1. The number of nitrogens with one attached hydrogen (secondary N) is 1. The van der Waals surface area contributed by atoms with E-state index in [0.29, 0.717) is 22.8 Å². The van der Waals surface area contributed by atoms with Gasteiger partial charge in [-0.05, 0) is 36.8 Å². The number of hydrogen-bond donors (Lipinski definition) is 1. The number of nitro groups is 1. The Balaban J connectivity index is 1.63. The van der Waals surface area contributed by atoms with Crippen LogP contribution >= 0.6 is 0 Å². The van der Waals surface area contributed by atoms with Crippen LogP contribution in [0.2, 0.25) is 0 Å². The maximum Gasteiger partial charge on any atom is 0.284 e. The van der Waals surface area contributed by atoms with Crippen LogP contribution in [0.1, 0.15) is 12.5 Å². The maximum absolute atomic E-state index is 12.2. The molecule has 3 rings (SSSR count). The first kappa shape index (κ1) is 16.4. The summed E-state index contributed by atoms with van der Waals surface area (Å²) in [5.74, 6) is 0.665. The van der Waals surface area contributed by atoms with Gasteiger partial charge in [-0.1, -0.05) is 12.1 Å². The van der Waals surface area contributed by atoms with Crippen molar-refractivity contribution in [3.8, 4) is 11.5 Å². The number of non-ortho nitro benzene ring substituents is 1. The summed E-state index contributed by atoms with van der Waals surface area (Å²) in [5.41, 5.74) is 3.60. The summed E-state index contributed by atoms with van der Waals surface area (Å²) in [7, 11) is 0. The predicted octanol–water partition coefficient (Wildman–Crippen LogP) is 2.28. The molecule has 1 atom stereocenters. The average molecular weight is 341 g/mol. The van der Waals surface area contributed by atoms with Gasteiger partial charge in [0, 0.05) is 12.1 Å². The van der Waals surface area contributed by atoms with E-state index in [2.05, 4.69) is 10.5 Å². The number of ether oxygens (including phenoxy) is 2. The van der Waals surface area contributed by atoms with Crippen LogP contribution in [0.5, 0.6) is 11.5 Å². The predicted molar refractivity (Wildman–Crippen MR) is 89.8 cm³/mol. The van der Waals surface area contributed by atoms with Crippen LogP contribution in [0, 0.1) is 10.1 Å². The highest BCUT2D eigenvalue weighted by molar-refractivity contribution is 5.99. The van der Waals surface area contributed by atoms with E-state index < -0.39 is 16.9 Å². The van der Waals surface area contributed by atoms with E-state index in [1.165, 1.54) is 12.1 Å². The number of para-hydroxylation sites is 2. The van der Waals surface area contributed by atoms with Gasteiger partial charge in [0.05, 0.1) is 10.6 Å². The summed E-state index contributed by atoms with van der Waals surface area (Å²) in [4.78, 5) is 22.4. The van der Waals surface area contributed by atoms with Gasteiger partial charge in [-0.15, -0.1) is 0 Å². The van der Waals surface area contributed by atoms with Gasteiger partial charge >= 0.3 is 0 Å². The van der Waals surface area contributed by atoms with Gasteiger partial charge in [0.25, 0.3) is 11.6 Å². The lowest BCUT2D eigenvalue weighted by molar-refractivity contribution is -0.384. The van der Waals surface area contributed by atoms with Crippen molar-refractivity contribution in [2.75, 3.05) is 6.61 Å². The molecule has 8 nitrogen and oxygen atoms in total. The van der Waals surface area contributed by atoms with E-state index in [1.54, 1.807) is 37.3 Å². The quantitative estimate of drug-likeness (QED) is 0.522. The molecule has 1 N–H and O–H groups in total. The Bertz CT molecular complexity index is 832. The molecule has 1 aliphatic heterocycles. The Morgan fingerprint density at radius 2 is 1.88 bits per heavy atom. The lowest BCUT2D eigenvalue weighted by Gasteiger charge is -2.24. The molecule has 8 heteroatoms. The van der Waals surface area contributed by atoms with E-state index in [1.807, 2.05) is 6.07 Å². The number of hydrogen-bond acceptors (Lipinski definition) is 6. The molecule has 1 amide bonds. The lowest BCUT2D eigenvalue weighted by atomic mass is 10.1. The molecule has 2 aromatic carbocycles. The number of rotatable bonds is 4. The van der Waals surface area contributed by atoms with Crippen molar-refractivity contribution in [2.24, 2.45) is 5.10 Å². The first-order valence-electron chi connectivity index (χ1n) is 7.52.